The van der Waals surface area contributed by atoms with Gasteiger partial charge >= 0.3 is 0 Å². The average Bonchev–Trinajstić information content (AvgIpc) is 2.22. The first-order chi connectivity index (χ1) is 6.77. The Balaban J connectivity index is 2.81. The quantitative estimate of drug-likeness (QED) is 0.533. The van der Waals surface area contributed by atoms with E-state index in [1.165, 1.54) is 0 Å². The van der Waals surface area contributed by atoms with Crippen LogP contribution in [0.1, 0.15) is 19.4 Å². The molecule has 1 nitrogen and oxygen atoms in total. The van der Waals surface area contributed by atoms with Gasteiger partial charge in [0.25, 0.3) is 0 Å². The monoisotopic (exact) mass is 207 g/mol. The number of rotatable bonds is 2. The summed E-state index contributed by atoms with van der Waals surface area (Å²) in [6.45, 7) is 6.05. The van der Waals surface area contributed by atoms with E-state index in [1.807, 2.05) is 29.2 Å². The lowest BCUT2D eigenvalue weighted by Crippen LogP contribution is -2.15. The Bertz CT molecular complexity index is 345. The van der Waals surface area contributed by atoms with Crippen LogP contribution in [0.3, 0.4) is 0 Å². The number of benzene rings is 1. The number of hydrogen-bond donors (Lipinski definition) is 0. The summed E-state index contributed by atoms with van der Waals surface area (Å²) in [6.07, 6.45) is 0. The second-order valence-electron chi connectivity index (χ2n) is 2.89. The van der Waals surface area contributed by atoms with E-state index in [4.69, 9.17) is 11.6 Å². The molecule has 0 bridgehead atoms. The Kier molecular flexibility index (Phi) is 4.35. The first kappa shape index (κ1) is 10.9. The summed E-state index contributed by atoms with van der Waals surface area (Å²) in [5.74, 6) is 3.06. The van der Waals surface area contributed by atoms with Crippen LogP contribution in [0.2, 0.25) is 5.02 Å². The van der Waals surface area contributed by atoms with E-state index in [0.29, 0.717) is 5.02 Å². The van der Waals surface area contributed by atoms with Gasteiger partial charge in [0.1, 0.15) is 0 Å². The molecule has 0 aliphatic heterocycles. The summed E-state index contributed by atoms with van der Waals surface area (Å²) in [7, 11) is 0. The van der Waals surface area contributed by atoms with Crippen LogP contribution in [0.25, 0.3) is 0 Å². The highest BCUT2D eigenvalue weighted by Gasteiger charge is 1.94. The third-order valence-electron chi connectivity index (χ3n) is 1.99. The van der Waals surface area contributed by atoms with Crippen molar-refractivity contribution in [2.45, 2.75) is 13.8 Å². The molecule has 0 saturated carbocycles. The Morgan fingerprint density at radius 2 is 1.86 bits per heavy atom. The molecule has 0 aliphatic carbocycles. The van der Waals surface area contributed by atoms with E-state index in [9.17, 15) is 0 Å². The molecule has 0 radical (unpaired) electrons. The molecule has 0 aliphatic rings. The van der Waals surface area contributed by atoms with Gasteiger partial charge in [0.2, 0.25) is 0 Å². The first-order valence-electron chi connectivity index (χ1n) is 4.79. The predicted molar refractivity (Wildman–Crippen MR) is 61.3 cm³/mol. The Morgan fingerprint density at radius 3 is 2.43 bits per heavy atom. The molecule has 2 heteroatoms. The van der Waals surface area contributed by atoms with Crippen molar-refractivity contribution in [1.29, 1.82) is 0 Å². The Labute approximate surface area is 90.7 Å². The van der Waals surface area contributed by atoms with Crippen LogP contribution in [0.4, 0.5) is 0 Å². The molecule has 74 valence electrons. The van der Waals surface area contributed by atoms with E-state index >= 15 is 0 Å². The minimum atomic E-state index is 0.715. The van der Waals surface area contributed by atoms with Crippen LogP contribution in [0, 0.1) is 12.0 Å². The zero-order chi connectivity index (χ0) is 10.4. The summed E-state index contributed by atoms with van der Waals surface area (Å²) in [5.41, 5.74) is 0.890. The van der Waals surface area contributed by atoms with Gasteiger partial charge in [0.05, 0.1) is 5.02 Å². The van der Waals surface area contributed by atoms with Gasteiger partial charge in [-0.3, -0.25) is 0 Å². The number of hydrogen-bond acceptors (Lipinski definition) is 1. The summed E-state index contributed by atoms with van der Waals surface area (Å²) >= 11 is 5.97. The molecule has 0 saturated heterocycles. The van der Waals surface area contributed by atoms with E-state index in [2.05, 4.69) is 25.8 Å². The highest BCUT2D eigenvalue weighted by molar-refractivity contribution is 6.31. The summed E-state index contributed by atoms with van der Waals surface area (Å²) in [5, 5.41) is 0.715. The predicted octanol–water partition coefficient (Wildman–Crippen LogP) is 2.99. The van der Waals surface area contributed by atoms with Crippen LogP contribution in [0.5, 0.6) is 0 Å². The van der Waals surface area contributed by atoms with Gasteiger partial charge in [0, 0.05) is 24.7 Å². The zero-order valence-electron chi connectivity index (χ0n) is 8.55. The molecule has 0 atom stereocenters. The lowest BCUT2D eigenvalue weighted by molar-refractivity contribution is 0.444. The van der Waals surface area contributed by atoms with Crippen LogP contribution in [0.15, 0.2) is 24.3 Å². The molecule has 0 heterocycles. The second kappa shape index (κ2) is 5.57. The van der Waals surface area contributed by atoms with Gasteiger partial charge in [-0.05, 0) is 31.9 Å². The summed E-state index contributed by atoms with van der Waals surface area (Å²) < 4.78 is 0. The van der Waals surface area contributed by atoms with Crippen molar-refractivity contribution in [3.05, 3.63) is 34.9 Å². The van der Waals surface area contributed by atoms with E-state index in [0.717, 1.165) is 18.7 Å². The van der Waals surface area contributed by atoms with Gasteiger partial charge in [-0.15, -0.1) is 0 Å². The minimum absolute atomic E-state index is 0.715. The fourth-order valence-electron chi connectivity index (χ4n) is 1.08. The first-order valence-corrected chi connectivity index (χ1v) is 5.16. The molecule has 0 spiro atoms. The van der Waals surface area contributed by atoms with Crippen molar-refractivity contribution in [2.75, 3.05) is 13.1 Å². The lowest BCUT2D eigenvalue weighted by atomic mass is 10.2. The fourth-order valence-corrected chi connectivity index (χ4v) is 1.27. The smallest absolute Gasteiger partial charge is 0.0563 e. The number of halogens is 1. The van der Waals surface area contributed by atoms with Crippen LogP contribution in [-0.4, -0.2) is 18.0 Å². The Hall–Kier alpha value is -1.13. The average molecular weight is 208 g/mol. The SMILES string of the molecule is CCN(C#Cc1ccccc1Cl)CC. The second-order valence-corrected chi connectivity index (χ2v) is 3.30. The van der Waals surface area contributed by atoms with Crippen LogP contribution >= 0.6 is 11.6 Å². The standard InChI is InChI=1S/C12H14ClN/c1-3-14(4-2)10-9-11-7-5-6-8-12(11)13/h5-8H,3-4H2,1-2H3. The molecule has 1 aromatic carbocycles. The molecular formula is C12H14ClN. The van der Waals surface area contributed by atoms with Gasteiger partial charge in [-0.1, -0.05) is 23.7 Å². The maximum absolute atomic E-state index is 5.97. The normalized spacial score (nSPS) is 9.07. The van der Waals surface area contributed by atoms with E-state index < -0.39 is 0 Å². The van der Waals surface area contributed by atoms with Gasteiger partial charge in [-0.2, -0.15) is 0 Å². The minimum Gasteiger partial charge on any atom is -0.333 e. The molecule has 0 amide bonds. The molecule has 1 aromatic rings. The molecule has 0 N–H and O–H groups in total. The van der Waals surface area contributed by atoms with E-state index in [-0.39, 0.29) is 0 Å². The van der Waals surface area contributed by atoms with Crippen molar-refractivity contribution in [1.82, 2.24) is 4.90 Å². The third-order valence-corrected chi connectivity index (χ3v) is 2.32. The maximum Gasteiger partial charge on any atom is 0.0563 e. The largest absolute Gasteiger partial charge is 0.333 e. The molecular weight excluding hydrogens is 194 g/mol. The third kappa shape index (κ3) is 2.97. The maximum atomic E-state index is 5.97. The highest BCUT2D eigenvalue weighted by Crippen LogP contribution is 2.12. The summed E-state index contributed by atoms with van der Waals surface area (Å²) in [4.78, 5) is 2.04. The molecule has 14 heavy (non-hydrogen) atoms. The molecule has 0 unspecified atom stereocenters. The number of nitrogens with zero attached hydrogens (tertiary/aromatic N) is 1. The van der Waals surface area contributed by atoms with Crippen molar-refractivity contribution in [2.24, 2.45) is 0 Å². The van der Waals surface area contributed by atoms with Crippen molar-refractivity contribution >= 4 is 11.6 Å². The molecule has 0 fully saturated rings. The molecule has 1 rings (SSSR count). The van der Waals surface area contributed by atoms with Crippen molar-refractivity contribution in [3.8, 4) is 12.0 Å². The van der Waals surface area contributed by atoms with Gasteiger partial charge in [0.15, 0.2) is 0 Å². The topological polar surface area (TPSA) is 3.24 Å². The lowest BCUT2D eigenvalue weighted by Gasteiger charge is -2.10. The summed E-state index contributed by atoms with van der Waals surface area (Å²) in [6, 6.07) is 10.7. The highest BCUT2D eigenvalue weighted by atomic mass is 35.5. The van der Waals surface area contributed by atoms with Gasteiger partial charge in [-0.25, -0.2) is 0 Å². The zero-order valence-corrected chi connectivity index (χ0v) is 9.30. The van der Waals surface area contributed by atoms with Crippen molar-refractivity contribution < 1.29 is 0 Å². The Morgan fingerprint density at radius 1 is 1.21 bits per heavy atom. The van der Waals surface area contributed by atoms with Crippen LogP contribution in [-0.2, 0) is 0 Å². The molecule has 0 aromatic heterocycles. The van der Waals surface area contributed by atoms with Crippen molar-refractivity contribution in [3.63, 3.8) is 0 Å². The van der Waals surface area contributed by atoms with Gasteiger partial charge < -0.3 is 4.90 Å². The van der Waals surface area contributed by atoms with Crippen LogP contribution < -0.4 is 0 Å². The fraction of sp³-hybridized carbons (Fsp3) is 0.333. The van der Waals surface area contributed by atoms with E-state index in [1.54, 1.807) is 0 Å².